The number of alkyl halides is 1. The van der Waals surface area contributed by atoms with Crippen LogP contribution in [0.1, 0.15) is 12.0 Å². The Morgan fingerprint density at radius 3 is 2.54 bits per heavy atom. The topological polar surface area (TPSA) is 12.0 Å². The van der Waals surface area contributed by atoms with Crippen molar-refractivity contribution in [3.8, 4) is 0 Å². The fraction of sp³-hybridized carbons (Fsp3) is 0.400. The van der Waals surface area contributed by atoms with Gasteiger partial charge in [-0.1, -0.05) is 39.7 Å². The summed E-state index contributed by atoms with van der Waals surface area (Å²) in [6, 6.07) is 7.93. The summed E-state index contributed by atoms with van der Waals surface area (Å²) in [5, 5.41) is 5.20. The van der Waals surface area contributed by atoms with Gasteiger partial charge in [0.1, 0.15) is 0 Å². The minimum Gasteiger partial charge on any atom is -0.313 e. The molecule has 0 aliphatic heterocycles. The summed E-state index contributed by atoms with van der Waals surface area (Å²) in [5.74, 6) is 0. The highest BCUT2D eigenvalue weighted by Gasteiger charge is 1.91. The summed E-state index contributed by atoms with van der Waals surface area (Å²) in [4.78, 5) is 0. The maximum atomic E-state index is 5.77. The Labute approximate surface area is 92.6 Å². The van der Waals surface area contributed by atoms with Gasteiger partial charge in [-0.3, -0.25) is 0 Å². The van der Waals surface area contributed by atoms with E-state index in [-0.39, 0.29) is 0 Å². The Morgan fingerprint density at radius 2 is 1.92 bits per heavy atom. The van der Waals surface area contributed by atoms with Crippen LogP contribution in [0.3, 0.4) is 0 Å². The van der Waals surface area contributed by atoms with Gasteiger partial charge in [-0.05, 0) is 30.7 Å². The molecule has 0 aromatic heterocycles. The van der Waals surface area contributed by atoms with Crippen LogP contribution in [0.15, 0.2) is 24.3 Å². The zero-order valence-electron chi connectivity index (χ0n) is 7.39. The second-order valence-corrected chi connectivity index (χ2v) is 4.08. The van der Waals surface area contributed by atoms with Crippen LogP contribution in [0.2, 0.25) is 5.02 Å². The number of hydrogen-bond acceptors (Lipinski definition) is 1. The van der Waals surface area contributed by atoms with E-state index >= 15 is 0 Å². The third kappa shape index (κ3) is 4.65. The average molecular weight is 263 g/mol. The summed E-state index contributed by atoms with van der Waals surface area (Å²) in [6.07, 6.45) is 1.16. The van der Waals surface area contributed by atoms with Crippen LogP contribution in [-0.4, -0.2) is 11.9 Å². The number of benzene rings is 1. The first kappa shape index (κ1) is 11.0. The van der Waals surface area contributed by atoms with E-state index in [9.17, 15) is 0 Å². The molecule has 0 bridgehead atoms. The van der Waals surface area contributed by atoms with Crippen molar-refractivity contribution < 1.29 is 0 Å². The molecule has 1 N–H and O–H groups in total. The van der Waals surface area contributed by atoms with E-state index in [4.69, 9.17) is 11.6 Å². The first-order valence-corrected chi connectivity index (χ1v) is 5.84. The molecule has 0 saturated carbocycles. The van der Waals surface area contributed by atoms with E-state index in [1.165, 1.54) is 5.56 Å². The molecule has 0 aliphatic carbocycles. The van der Waals surface area contributed by atoms with Crippen molar-refractivity contribution >= 4 is 27.5 Å². The smallest absolute Gasteiger partial charge is 0.0406 e. The molecule has 0 radical (unpaired) electrons. The van der Waals surface area contributed by atoms with Gasteiger partial charge < -0.3 is 5.32 Å². The minimum atomic E-state index is 0.796. The quantitative estimate of drug-likeness (QED) is 0.635. The Bertz CT molecular complexity index is 235. The lowest BCUT2D eigenvalue weighted by Gasteiger charge is -2.03. The highest BCUT2D eigenvalue weighted by Crippen LogP contribution is 2.08. The Hall–Kier alpha value is -0.0500. The molecule has 1 aromatic carbocycles. The number of hydrogen-bond donors (Lipinski definition) is 1. The second-order valence-electron chi connectivity index (χ2n) is 2.85. The largest absolute Gasteiger partial charge is 0.313 e. The predicted molar refractivity (Wildman–Crippen MR) is 61.6 cm³/mol. The summed E-state index contributed by atoms with van der Waals surface area (Å²) in [7, 11) is 0. The van der Waals surface area contributed by atoms with E-state index in [0.717, 1.165) is 29.9 Å². The van der Waals surface area contributed by atoms with Crippen LogP contribution in [0.5, 0.6) is 0 Å². The van der Waals surface area contributed by atoms with Gasteiger partial charge >= 0.3 is 0 Å². The van der Waals surface area contributed by atoms with Gasteiger partial charge in [-0.15, -0.1) is 0 Å². The lowest BCUT2D eigenvalue weighted by atomic mass is 10.2. The second kappa shape index (κ2) is 6.41. The van der Waals surface area contributed by atoms with Gasteiger partial charge in [0.15, 0.2) is 0 Å². The lowest BCUT2D eigenvalue weighted by molar-refractivity contribution is 0.680. The molecule has 1 aromatic rings. The van der Waals surface area contributed by atoms with Gasteiger partial charge in [0.25, 0.3) is 0 Å². The van der Waals surface area contributed by atoms with E-state index in [2.05, 4.69) is 21.2 Å². The fourth-order valence-electron chi connectivity index (χ4n) is 1.03. The first-order valence-electron chi connectivity index (χ1n) is 4.34. The van der Waals surface area contributed by atoms with Gasteiger partial charge in [0, 0.05) is 16.9 Å². The SMILES string of the molecule is Clc1ccc(CNCCCBr)cc1. The van der Waals surface area contributed by atoms with Crippen LogP contribution in [0.4, 0.5) is 0 Å². The highest BCUT2D eigenvalue weighted by molar-refractivity contribution is 9.09. The van der Waals surface area contributed by atoms with Crippen molar-refractivity contribution in [2.45, 2.75) is 13.0 Å². The third-order valence-corrected chi connectivity index (χ3v) is 2.54. The molecule has 0 unspecified atom stereocenters. The molecule has 72 valence electrons. The number of rotatable bonds is 5. The molecule has 0 heterocycles. The molecule has 1 rings (SSSR count). The van der Waals surface area contributed by atoms with Crippen molar-refractivity contribution in [3.63, 3.8) is 0 Å². The number of nitrogens with one attached hydrogen (secondary N) is 1. The van der Waals surface area contributed by atoms with E-state index in [1.807, 2.05) is 24.3 Å². The van der Waals surface area contributed by atoms with Gasteiger partial charge in [0.05, 0.1) is 0 Å². The molecule has 0 amide bonds. The molecular formula is C10H13BrClN. The van der Waals surface area contributed by atoms with E-state index < -0.39 is 0 Å². The zero-order chi connectivity index (χ0) is 9.52. The van der Waals surface area contributed by atoms with Crippen molar-refractivity contribution in [1.82, 2.24) is 5.32 Å². The summed E-state index contributed by atoms with van der Waals surface area (Å²) >= 11 is 9.16. The van der Waals surface area contributed by atoms with Gasteiger partial charge in [-0.25, -0.2) is 0 Å². The minimum absolute atomic E-state index is 0.796. The zero-order valence-corrected chi connectivity index (χ0v) is 9.74. The van der Waals surface area contributed by atoms with Crippen molar-refractivity contribution in [2.75, 3.05) is 11.9 Å². The standard InChI is InChI=1S/C10H13BrClN/c11-6-1-7-13-8-9-2-4-10(12)5-3-9/h2-5,13H,1,6-8H2. The average Bonchev–Trinajstić information content (AvgIpc) is 2.15. The monoisotopic (exact) mass is 261 g/mol. The first-order chi connectivity index (χ1) is 6.33. The Morgan fingerprint density at radius 1 is 1.23 bits per heavy atom. The van der Waals surface area contributed by atoms with Gasteiger partial charge in [0.2, 0.25) is 0 Å². The maximum absolute atomic E-state index is 5.77. The van der Waals surface area contributed by atoms with Crippen molar-refractivity contribution in [1.29, 1.82) is 0 Å². The van der Waals surface area contributed by atoms with Crippen molar-refractivity contribution in [2.24, 2.45) is 0 Å². The summed E-state index contributed by atoms with van der Waals surface area (Å²) < 4.78 is 0. The Balaban J connectivity index is 2.25. The maximum Gasteiger partial charge on any atom is 0.0406 e. The summed E-state index contributed by atoms with van der Waals surface area (Å²) in [5.41, 5.74) is 1.28. The molecular weight excluding hydrogens is 249 g/mol. The van der Waals surface area contributed by atoms with Gasteiger partial charge in [-0.2, -0.15) is 0 Å². The van der Waals surface area contributed by atoms with Crippen LogP contribution < -0.4 is 5.32 Å². The number of halogens is 2. The molecule has 0 aliphatic rings. The Kier molecular flexibility index (Phi) is 5.44. The van der Waals surface area contributed by atoms with Crippen LogP contribution in [0, 0.1) is 0 Å². The van der Waals surface area contributed by atoms with E-state index in [0.29, 0.717) is 0 Å². The summed E-state index contributed by atoms with van der Waals surface area (Å²) in [6.45, 7) is 1.97. The predicted octanol–water partition coefficient (Wildman–Crippen LogP) is 3.21. The molecule has 1 nitrogen and oxygen atoms in total. The van der Waals surface area contributed by atoms with Crippen molar-refractivity contribution in [3.05, 3.63) is 34.9 Å². The normalized spacial score (nSPS) is 10.3. The molecule has 3 heteroatoms. The molecule has 0 fully saturated rings. The third-order valence-electron chi connectivity index (χ3n) is 1.73. The lowest BCUT2D eigenvalue weighted by Crippen LogP contribution is -2.14. The molecule has 0 atom stereocenters. The van der Waals surface area contributed by atoms with Crippen LogP contribution in [-0.2, 0) is 6.54 Å². The molecule has 0 spiro atoms. The van der Waals surface area contributed by atoms with Crippen LogP contribution >= 0.6 is 27.5 Å². The van der Waals surface area contributed by atoms with Crippen LogP contribution in [0.25, 0.3) is 0 Å². The highest BCUT2D eigenvalue weighted by atomic mass is 79.9. The molecule has 0 saturated heterocycles. The fourth-order valence-corrected chi connectivity index (χ4v) is 1.43. The van der Waals surface area contributed by atoms with E-state index in [1.54, 1.807) is 0 Å². The molecule has 13 heavy (non-hydrogen) atoms.